The smallest absolute Gasteiger partial charge is 0.134 e. The Labute approximate surface area is 103 Å². The second-order valence-corrected chi connectivity index (χ2v) is 6.20. The van der Waals surface area contributed by atoms with E-state index >= 15 is 0 Å². The van der Waals surface area contributed by atoms with Gasteiger partial charge in [0.2, 0.25) is 0 Å². The lowest BCUT2D eigenvalue weighted by Gasteiger charge is -2.23. The quantitative estimate of drug-likeness (QED) is 0.881. The van der Waals surface area contributed by atoms with Gasteiger partial charge in [-0.05, 0) is 41.9 Å². The zero-order chi connectivity index (χ0) is 10.8. The van der Waals surface area contributed by atoms with Crippen molar-refractivity contribution in [3.05, 3.63) is 23.7 Å². The Morgan fingerprint density at radius 3 is 3.00 bits per heavy atom. The molecule has 1 saturated heterocycles. The molecule has 0 atom stereocenters. The standard InChI is InChI=1S/C12H14N2S2/c1-5-13-12(10-4-8-16-11(1)10)14-9-2-6-15-7-3-9/h1,4-5,8-9H,2-3,6-7H2,(H,13,14). The van der Waals surface area contributed by atoms with Crippen LogP contribution in [0.25, 0.3) is 10.1 Å². The lowest BCUT2D eigenvalue weighted by Crippen LogP contribution is -2.24. The van der Waals surface area contributed by atoms with Crippen molar-refractivity contribution in [3.8, 4) is 0 Å². The van der Waals surface area contributed by atoms with E-state index < -0.39 is 0 Å². The number of rotatable bonds is 2. The van der Waals surface area contributed by atoms with Gasteiger partial charge in [-0.1, -0.05) is 0 Å². The van der Waals surface area contributed by atoms with E-state index in [9.17, 15) is 0 Å². The van der Waals surface area contributed by atoms with Gasteiger partial charge in [-0.25, -0.2) is 4.98 Å². The first-order chi connectivity index (χ1) is 7.93. The molecule has 1 aliphatic rings. The highest BCUT2D eigenvalue weighted by Crippen LogP contribution is 2.28. The van der Waals surface area contributed by atoms with Gasteiger partial charge in [0.15, 0.2) is 0 Å². The van der Waals surface area contributed by atoms with Crippen LogP contribution >= 0.6 is 23.1 Å². The minimum Gasteiger partial charge on any atom is -0.367 e. The van der Waals surface area contributed by atoms with Crippen LogP contribution in [0.4, 0.5) is 5.82 Å². The highest BCUT2D eigenvalue weighted by Gasteiger charge is 2.14. The number of nitrogens with zero attached hydrogens (tertiary/aromatic N) is 1. The number of nitrogens with one attached hydrogen (secondary N) is 1. The van der Waals surface area contributed by atoms with Crippen LogP contribution in [-0.4, -0.2) is 22.5 Å². The van der Waals surface area contributed by atoms with Gasteiger partial charge in [-0.2, -0.15) is 11.8 Å². The predicted molar refractivity (Wildman–Crippen MR) is 73.6 cm³/mol. The number of fused-ring (bicyclic) bond motifs is 1. The van der Waals surface area contributed by atoms with E-state index in [4.69, 9.17) is 0 Å². The third kappa shape index (κ3) is 2.04. The summed E-state index contributed by atoms with van der Waals surface area (Å²) in [6.45, 7) is 0. The summed E-state index contributed by atoms with van der Waals surface area (Å²) in [5.41, 5.74) is 0. The van der Waals surface area contributed by atoms with Crippen LogP contribution in [0.2, 0.25) is 0 Å². The Kier molecular flexibility index (Phi) is 3.02. The average molecular weight is 250 g/mol. The van der Waals surface area contributed by atoms with Gasteiger partial charge in [0, 0.05) is 22.3 Å². The summed E-state index contributed by atoms with van der Waals surface area (Å²) >= 11 is 3.84. The first kappa shape index (κ1) is 10.4. The van der Waals surface area contributed by atoms with E-state index in [2.05, 4.69) is 39.6 Å². The third-order valence-electron chi connectivity index (χ3n) is 2.94. The molecule has 0 bridgehead atoms. The maximum absolute atomic E-state index is 4.46. The van der Waals surface area contributed by atoms with E-state index in [0.717, 1.165) is 5.82 Å². The fourth-order valence-electron chi connectivity index (χ4n) is 2.05. The molecule has 0 aliphatic carbocycles. The van der Waals surface area contributed by atoms with Gasteiger partial charge in [0.25, 0.3) is 0 Å². The van der Waals surface area contributed by atoms with Crippen molar-refractivity contribution < 1.29 is 0 Å². The molecule has 1 N–H and O–H groups in total. The zero-order valence-electron chi connectivity index (χ0n) is 8.98. The number of hydrogen-bond donors (Lipinski definition) is 1. The molecule has 0 spiro atoms. The molecule has 0 radical (unpaired) electrons. The van der Waals surface area contributed by atoms with E-state index in [1.807, 2.05) is 6.20 Å². The fraction of sp³-hybridized carbons (Fsp3) is 0.417. The molecular weight excluding hydrogens is 236 g/mol. The van der Waals surface area contributed by atoms with E-state index in [1.165, 1.54) is 34.4 Å². The molecule has 4 heteroatoms. The van der Waals surface area contributed by atoms with Crippen LogP contribution in [0, 0.1) is 0 Å². The summed E-state index contributed by atoms with van der Waals surface area (Å²) in [5.74, 6) is 3.62. The molecule has 0 aromatic carbocycles. The van der Waals surface area contributed by atoms with Crippen molar-refractivity contribution in [1.82, 2.24) is 4.98 Å². The topological polar surface area (TPSA) is 24.9 Å². The van der Waals surface area contributed by atoms with Crippen LogP contribution in [0.5, 0.6) is 0 Å². The van der Waals surface area contributed by atoms with Gasteiger partial charge in [-0.15, -0.1) is 11.3 Å². The summed E-state index contributed by atoms with van der Waals surface area (Å²) in [6, 6.07) is 4.86. The van der Waals surface area contributed by atoms with E-state index in [1.54, 1.807) is 11.3 Å². The van der Waals surface area contributed by atoms with Crippen molar-refractivity contribution in [3.63, 3.8) is 0 Å². The molecule has 0 saturated carbocycles. The number of hydrogen-bond acceptors (Lipinski definition) is 4. The fourth-order valence-corrected chi connectivity index (χ4v) is 3.93. The van der Waals surface area contributed by atoms with Gasteiger partial charge in [0.1, 0.15) is 5.82 Å². The van der Waals surface area contributed by atoms with Crippen LogP contribution < -0.4 is 5.32 Å². The molecule has 3 rings (SSSR count). The van der Waals surface area contributed by atoms with Crippen molar-refractivity contribution >= 4 is 39.0 Å². The molecule has 3 heterocycles. The molecule has 1 aliphatic heterocycles. The van der Waals surface area contributed by atoms with Crippen molar-refractivity contribution in [1.29, 1.82) is 0 Å². The highest BCUT2D eigenvalue weighted by atomic mass is 32.2. The summed E-state index contributed by atoms with van der Waals surface area (Å²) in [4.78, 5) is 4.46. The Balaban J connectivity index is 1.85. The maximum atomic E-state index is 4.46. The van der Waals surface area contributed by atoms with Crippen molar-refractivity contribution in [2.45, 2.75) is 18.9 Å². The molecule has 0 unspecified atom stereocenters. The van der Waals surface area contributed by atoms with Gasteiger partial charge in [-0.3, -0.25) is 0 Å². The monoisotopic (exact) mass is 250 g/mol. The second-order valence-electron chi connectivity index (χ2n) is 4.02. The Hall–Kier alpha value is -0.740. The van der Waals surface area contributed by atoms with Crippen LogP contribution in [0.1, 0.15) is 12.8 Å². The number of pyridine rings is 1. The zero-order valence-corrected chi connectivity index (χ0v) is 10.6. The average Bonchev–Trinajstić information content (AvgIpc) is 2.80. The highest BCUT2D eigenvalue weighted by molar-refractivity contribution is 7.99. The Morgan fingerprint density at radius 1 is 1.25 bits per heavy atom. The maximum Gasteiger partial charge on any atom is 0.134 e. The molecule has 0 amide bonds. The van der Waals surface area contributed by atoms with Crippen molar-refractivity contribution in [2.75, 3.05) is 16.8 Å². The molecule has 2 aromatic heterocycles. The SMILES string of the molecule is c1cc2sccc2c(NC2CCSCC2)n1. The molecule has 2 nitrogen and oxygen atoms in total. The lowest BCUT2D eigenvalue weighted by molar-refractivity contribution is 0.665. The lowest BCUT2D eigenvalue weighted by atomic mass is 10.1. The number of thioether (sulfide) groups is 1. The summed E-state index contributed by atoms with van der Waals surface area (Å²) in [5, 5.41) is 6.99. The summed E-state index contributed by atoms with van der Waals surface area (Å²) in [6.07, 6.45) is 4.42. The third-order valence-corrected chi connectivity index (χ3v) is 4.87. The largest absolute Gasteiger partial charge is 0.367 e. The van der Waals surface area contributed by atoms with Gasteiger partial charge < -0.3 is 5.32 Å². The first-order valence-corrected chi connectivity index (χ1v) is 7.63. The minimum atomic E-state index is 0.610. The normalized spacial score (nSPS) is 17.8. The van der Waals surface area contributed by atoms with E-state index in [0.29, 0.717) is 6.04 Å². The first-order valence-electron chi connectivity index (χ1n) is 5.60. The molecule has 2 aromatic rings. The van der Waals surface area contributed by atoms with Gasteiger partial charge in [0.05, 0.1) is 0 Å². The number of anilines is 1. The van der Waals surface area contributed by atoms with Gasteiger partial charge >= 0.3 is 0 Å². The molecule has 84 valence electrons. The molecular formula is C12H14N2S2. The number of aromatic nitrogens is 1. The molecule has 16 heavy (non-hydrogen) atoms. The Morgan fingerprint density at radius 2 is 2.12 bits per heavy atom. The number of thiophene rings is 1. The minimum absolute atomic E-state index is 0.610. The summed E-state index contributed by atoms with van der Waals surface area (Å²) < 4.78 is 1.32. The van der Waals surface area contributed by atoms with E-state index in [-0.39, 0.29) is 0 Å². The van der Waals surface area contributed by atoms with Crippen LogP contribution in [0.3, 0.4) is 0 Å². The second kappa shape index (κ2) is 4.63. The Bertz CT molecular complexity index is 475. The summed E-state index contributed by atoms with van der Waals surface area (Å²) in [7, 11) is 0. The van der Waals surface area contributed by atoms with Crippen molar-refractivity contribution in [2.24, 2.45) is 0 Å². The van der Waals surface area contributed by atoms with Crippen LogP contribution in [0.15, 0.2) is 23.7 Å². The predicted octanol–water partition coefficient (Wildman–Crippen LogP) is 3.60. The van der Waals surface area contributed by atoms with Crippen LogP contribution in [-0.2, 0) is 0 Å². The molecule has 1 fully saturated rings.